The van der Waals surface area contributed by atoms with Gasteiger partial charge in [-0.1, -0.05) is 6.92 Å². The van der Waals surface area contributed by atoms with Gasteiger partial charge in [0.05, 0.1) is 10.6 Å². The van der Waals surface area contributed by atoms with Gasteiger partial charge in [-0.15, -0.1) is 11.8 Å². The van der Waals surface area contributed by atoms with Gasteiger partial charge in [0.25, 0.3) is 0 Å². The maximum Gasteiger partial charge on any atom is 0.416 e. The van der Waals surface area contributed by atoms with Crippen LogP contribution in [-0.4, -0.2) is 10.7 Å². The van der Waals surface area contributed by atoms with Crippen LogP contribution in [0.1, 0.15) is 18.9 Å². The number of hydrogen-bond donors (Lipinski definition) is 2. The Morgan fingerprint density at radius 1 is 1.44 bits per heavy atom. The molecule has 1 heterocycles. The zero-order chi connectivity index (χ0) is 12.2. The monoisotopic (exact) mass is 251 g/mol. The van der Waals surface area contributed by atoms with Crippen molar-refractivity contribution in [2.24, 2.45) is 5.84 Å². The molecule has 0 fully saturated rings. The van der Waals surface area contributed by atoms with Crippen LogP contribution in [0.5, 0.6) is 0 Å². The lowest BCUT2D eigenvalue weighted by Gasteiger charge is -2.10. The van der Waals surface area contributed by atoms with Crippen molar-refractivity contribution in [2.75, 3.05) is 11.2 Å². The van der Waals surface area contributed by atoms with E-state index in [0.717, 1.165) is 24.3 Å². The minimum absolute atomic E-state index is 0.0217. The van der Waals surface area contributed by atoms with E-state index < -0.39 is 11.7 Å². The molecule has 0 amide bonds. The largest absolute Gasteiger partial charge is 0.416 e. The lowest BCUT2D eigenvalue weighted by atomic mass is 10.2. The Morgan fingerprint density at radius 3 is 2.62 bits per heavy atom. The molecule has 0 atom stereocenters. The molecule has 0 bridgehead atoms. The fourth-order valence-corrected chi connectivity index (χ4v) is 1.81. The SMILES string of the molecule is CCCSc1cc(C(F)(F)F)cc(NN)n1. The highest BCUT2D eigenvalue weighted by Crippen LogP contribution is 2.32. The second-order valence-electron chi connectivity index (χ2n) is 3.07. The Kier molecular flexibility index (Phi) is 4.43. The summed E-state index contributed by atoms with van der Waals surface area (Å²) >= 11 is 1.27. The first kappa shape index (κ1) is 13.1. The lowest BCUT2D eigenvalue weighted by Crippen LogP contribution is -2.12. The normalized spacial score (nSPS) is 11.6. The van der Waals surface area contributed by atoms with Crippen LogP contribution in [0.3, 0.4) is 0 Å². The second kappa shape index (κ2) is 5.40. The number of hydrogen-bond acceptors (Lipinski definition) is 4. The first-order valence-electron chi connectivity index (χ1n) is 4.66. The Balaban J connectivity index is 3.01. The van der Waals surface area contributed by atoms with E-state index in [-0.39, 0.29) is 5.82 Å². The molecule has 90 valence electrons. The van der Waals surface area contributed by atoms with E-state index in [0.29, 0.717) is 5.03 Å². The highest BCUT2D eigenvalue weighted by atomic mass is 32.2. The summed E-state index contributed by atoms with van der Waals surface area (Å²) in [7, 11) is 0. The van der Waals surface area contributed by atoms with Gasteiger partial charge in [0.1, 0.15) is 5.82 Å². The van der Waals surface area contributed by atoms with Gasteiger partial charge in [-0.3, -0.25) is 0 Å². The third-order valence-electron chi connectivity index (χ3n) is 1.73. The summed E-state index contributed by atoms with van der Waals surface area (Å²) in [5.74, 6) is 5.81. The molecule has 0 radical (unpaired) electrons. The molecule has 1 aromatic heterocycles. The first-order valence-corrected chi connectivity index (χ1v) is 5.64. The average Bonchev–Trinajstić information content (AvgIpc) is 2.24. The molecule has 0 unspecified atom stereocenters. The Bertz CT molecular complexity index is 354. The number of nitrogen functional groups attached to an aromatic ring is 1. The average molecular weight is 251 g/mol. The number of rotatable bonds is 4. The third kappa shape index (κ3) is 3.57. The molecule has 0 aliphatic heterocycles. The molecular formula is C9H12F3N3S. The predicted octanol–water partition coefficient (Wildman–Crippen LogP) is 2.89. The fourth-order valence-electron chi connectivity index (χ4n) is 1.02. The van der Waals surface area contributed by atoms with Crippen molar-refractivity contribution < 1.29 is 13.2 Å². The zero-order valence-corrected chi connectivity index (χ0v) is 9.45. The molecule has 0 spiro atoms. The summed E-state index contributed by atoms with van der Waals surface area (Å²) in [6.07, 6.45) is -3.51. The van der Waals surface area contributed by atoms with Gasteiger partial charge in [-0.2, -0.15) is 13.2 Å². The highest BCUT2D eigenvalue weighted by molar-refractivity contribution is 7.99. The highest BCUT2D eigenvalue weighted by Gasteiger charge is 2.31. The van der Waals surface area contributed by atoms with Crippen molar-refractivity contribution >= 4 is 17.6 Å². The Hall–Kier alpha value is -0.950. The summed E-state index contributed by atoms with van der Waals surface area (Å²) in [6.45, 7) is 1.95. The molecule has 1 rings (SSSR count). The lowest BCUT2D eigenvalue weighted by molar-refractivity contribution is -0.137. The van der Waals surface area contributed by atoms with Crippen molar-refractivity contribution in [2.45, 2.75) is 24.5 Å². The molecule has 0 aromatic carbocycles. The van der Waals surface area contributed by atoms with Crippen LogP contribution in [0.25, 0.3) is 0 Å². The third-order valence-corrected chi connectivity index (χ3v) is 2.85. The van der Waals surface area contributed by atoms with E-state index in [9.17, 15) is 13.2 Å². The first-order chi connectivity index (χ1) is 7.47. The number of alkyl halides is 3. The van der Waals surface area contributed by atoms with E-state index in [1.165, 1.54) is 11.8 Å². The van der Waals surface area contributed by atoms with Gasteiger partial charge in [0.15, 0.2) is 0 Å². The number of nitrogens with zero attached hydrogens (tertiary/aromatic N) is 1. The van der Waals surface area contributed by atoms with E-state index in [2.05, 4.69) is 10.4 Å². The summed E-state index contributed by atoms with van der Waals surface area (Å²) in [5.41, 5.74) is 1.39. The summed E-state index contributed by atoms with van der Waals surface area (Å²) in [6, 6.07) is 1.91. The number of nitrogens with two attached hydrogens (primary N) is 1. The van der Waals surface area contributed by atoms with Crippen LogP contribution >= 0.6 is 11.8 Å². The molecule has 3 nitrogen and oxygen atoms in total. The van der Waals surface area contributed by atoms with Gasteiger partial charge < -0.3 is 5.43 Å². The quantitative estimate of drug-likeness (QED) is 0.491. The van der Waals surface area contributed by atoms with Crippen LogP contribution < -0.4 is 11.3 Å². The number of aromatic nitrogens is 1. The maximum atomic E-state index is 12.5. The van der Waals surface area contributed by atoms with Gasteiger partial charge in [-0.25, -0.2) is 10.8 Å². The molecular weight excluding hydrogens is 239 g/mol. The van der Waals surface area contributed by atoms with Crippen molar-refractivity contribution in [3.8, 4) is 0 Å². The topological polar surface area (TPSA) is 50.9 Å². The molecule has 0 aliphatic carbocycles. The Labute approximate surface area is 95.6 Å². The minimum Gasteiger partial charge on any atom is -0.308 e. The van der Waals surface area contributed by atoms with E-state index in [1.54, 1.807) is 0 Å². The van der Waals surface area contributed by atoms with E-state index in [4.69, 9.17) is 5.84 Å². The van der Waals surface area contributed by atoms with Crippen molar-refractivity contribution in [1.29, 1.82) is 0 Å². The van der Waals surface area contributed by atoms with E-state index >= 15 is 0 Å². The van der Waals surface area contributed by atoms with Crippen molar-refractivity contribution in [3.05, 3.63) is 17.7 Å². The number of hydrazine groups is 1. The smallest absolute Gasteiger partial charge is 0.308 e. The zero-order valence-electron chi connectivity index (χ0n) is 8.64. The molecule has 0 saturated carbocycles. The number of anilines is 1. The van der Waals surface area contributed by atoms with Crippen LogP contribution in [0, 0.1) is 0 Å². The predicted molar refractivity (Wildman–Crippen MR) is 58.1 cm³/mol. The summed E-state index contributed by atoms with van der Waals surface area (Å²) in [4.78, 5) is 3.93. The molecule has 0 aliphatic rings. The van der Waals surface area contributed by atoms with Crippen LogP contribution in [-0.2, 0) is 6.18 Å². The molecule has 3 N–H and O–H groups in total. The number of thioether (sulfide) groups is 1. The van der Waals surface area contributed by atoms with Crippen LogP contribution in [0.4, 0.5) is 19.0 Å². The van der Waals surface area contributed by atoms with E-state index in [1.807, 2.05) is 6.92 Å². The minimum atomic E-state index is -4.38. The molecule has 7 heteroatoms. The number of pyridine rings is 1. The number of nitrogens with one attached hydrogen (secondary N) is 1. The van der Waals surface area contributed by atoms with Gasteiger partial charge in [-0.05, 0) is 24.3 Å². The van der Waals surface area contributed by atoms with Crippen LogP contribution in [0.15, 0.2) is 17.2 Å². The molecule has 0 saturated heterocycles. The standard InChI is InChI=1S/C9H12F3N3S/c1-2-3-16-8-5-6(9(10,11)12)4-7(14-8)15-13/h4-5H,2-3,13H2,1H3,(H,14,15). The van der Waals surface area contributed by atoms with Crippen molar-refractivity contribution in [3.63, 3.8) is 0 Å². The molecule has 1 aromatic rings. The molecule has 16 heavy (non-hydrogen) atoms. The van der Waals surface area contributed by atoms with Gasteiger partial charge in [0, 0.05) is 0 Å². The maximum absolute atomic E-state index is 12.5. The van der Waals surface area contributed by atoms with Gasteiger partial charge >= 0.3 is 6.18 Å². The summed E-state index contributed by atoms with van der Waals surface area (Å²) < 4.78 is 37.5. The number of halogens is 3. The van der Waals surface area contributed by atoms with Crippen molar-refractivity contribution in [1.82, 2.24) is 4.98 Å². The Morgan fingerprint density at radius 2 is 2.12 bits per heavy atom. The fraction of sp³-hybridized carbons (Fsp3) is 0.444. The van der Waals surface area contributed by atoms with Crippen LogP contribution in [0.2, 0.25) is 0 Å². The summed E-state index contributed by atoms with van der Waals surface area (Å²) in [5, 5.41) is 0.324. The second-order valence-corrected chi connectivity index (χ2v) is 4.19. The van der Waals surface area contributed by atoms with Gasteiger partial charge in [0.2, 0.25) is 0 Å².